The van der Waals surface area contributed by atoms with Gasteiger partial charge in [-0.3, -0.25) is 14.9 Å². The van der Waals surface area contributed by atoms with Gasteiger partial charge in [-0.1, -0.05) is 59.1 Å². The van der Waals surface area contributed by atoms with E-state index in [1.807, 2.05) is 30.3 Å². The van der Waals surface area contributed by atoms with Crippen LogP contribution in [0.1, 0.15) is 10.4 Å². The molecule has 0 bridgehead atoms. The molecule has 0 aliphatic rings. The number of nitrogens with one attached hydrogen (secondary N) is 3. The maximum absolute atomic E-state index is 12.6. The lowest BCUT2D eigenvalue weighted by atomic mass is 10.2. The van der Waals surface area contributed by atoms with Gasteiger partial charge in [0.2, 0.25) is 3.79 Å². The van der Waals surface area contributed by atoms with E-state index in [9.17, 15) is 14.9 Å². The molecule has 0 aliphatic carbocycles. The molecule has 0 aliphatic heterocycles. The molecule has 0 heterocycles. The number of alkyl halides is 3. The summed E-state index contributed by atoms with van der Waals surface area (Å²) in [4.78, 5) is 22.9. The smallest absolute Gasteiger partial charge is 0.270 e. The fourth-order valence-electron chi connectivity index (χ4n) is 2.69. The van der Waals surface area contributed by atoms with Gasteiger partial charge < -0.3 is 16.0 Å². The molecule has 3 N–H and O–H groups in total. The third-order valence-electron chi connectivity index (χ3n) is 4.36. The van der Waals surface area contributed by atoms with Crippen LogP contribution in [0.15, 0.2) is 89.1 Å². The normalized spacial score (nSPS) is 12.1. The van der Waals surface area contributed by atoms with E-state index in [1.165, 1.54) is 18.2 Å². The van der Waals surface area contributed by atoms with E-state index in [2.05, 4.69) is 26.2 Å². The lowest BCUT2D eigenvalue weighted by molar-refractivity contribution is -0.384. The first-order chi connectivity index (χ1) is 16.6. The molecule has 0 radical (unpaired) electrons. The predicted octanol–water partition coefficient (Wildman–Crippen LogP) is 6.42. The topological polar surface area (TPSA) is 121 Å². The maximum atomic E-state index is 12.6. The standard InChI is InChI=1S/C22H17Cl3N6O3S/c23-22(24,25)20(27-19(32)14-5-4-8-18(13-14)31(33)34)28-21(35)26-15-9-11-17(12-10-15)30-29-16-6-2-1-3-7-16/h1-13,20H,(H,27,32)(H2,26,28,35)/t20-/m1/s1. The van der Waals surface area contributed by atoms with Crippen LogP contribution in [0.4, 0.5) is 22.7 Å². The van der Waals surface area contributed by atoms with Crippen molar-refractivity contribution in [3.05, 3.63) is 94.5 Å². The van der Waals surface area contributed by atoms with Gasteiger partial charge >= 0.3 is 0 Å². The molecule has 9 nitrogen and oxygen atoms in total. The molecule has 180 valence electrons. The van der Waals surface area contributed by atoms with Crippen molar-refractivity contribution >= 4 is 80.8 Å². The van der Waals surface area contributed by atoms with Crippen LogP contribution in [0.3, 0.4) is 0 Å². The fourth-order valence-corrected chi connectivity index (χ4v) is 3.26. The van der Waals surface area contributed by atoms with E-state index in [1.54, 1.807) is 24.3 Å². The highest BCUT2D eigenvalue weighted by Gasteiger charge is 2.35. The fraction of sp³-hybridized carbons (Fsp3) is 0.0909. The summed E-state index contributed by atoms with van der Waals surface area (Å²) in [5, 5.41) is 27.4. The van der Waals surface area contributed by atoms with Gasteiger partial charge in [-0.25, -0.2) is 0 Å². The minimum absolute atomic E-state index is 0.0133. The predicted molar refractivity (Wildman–Crippen MR) is 141 cm³/mol. The van der Waals surface area contributed by atoms with Gasteiger partial charge in [0, 0.05) is 23.4 Å². The van der Waals surface area contributed by atoms with Crippen LogP contribution < -0.4 is 16.0 Å². The SMILES string of the molecule is O=C(N[C@H](NC(=S)Nc1ccc(N=Nc2ccccc2)cc1)C(Cl)(Cl)Cl)c1cccc([N+](=O)[O-])c1. The average molecular weight is 552 g/mol. The molecule has 35 heavy (non-hydrogen) atoms. The number of carbonyl (C=O) groups excluding carboxylic acids is 1. The number of anilines is 1. The Morgan fingerprint density at radius 1 is 0.914 bits per heavy atom. The molecule has 1 atom stereocenters. The molecular weight excluding hydrogens is 535 g/mol. The van der Waals surface area contributed by atoms with Gasteiger partial charge in [-0.2, -0.15) is 10.2 Å². The first kappa shape index (κ1) is 26.3. The van der Waals surface area contributed by atoms with Gasteiger partial charge in [-0.05, 0) is 54.7 Å². The number of benzene rings is 3. The summed E-state index contributed by atoms with van der Waals surface area (Å²) >= 11 is 23.3. The molecule has 0 spiro atoms. The summed E-state index contributed by atoms with van der Waals surface area (Å²) in [6, 6.07) is 21.3. The molecule has 0 saturated carbocycles. The summed E-state index contributed by atoms with van der Waals surface area (Å²) in [6.07, 6.45) is -1.25. The third-order valence-corrected chi connectivity index (χ3v) is 5.23. The summed E-state index contributed by atoms with van der Waals surface area (Å²) in [5.74, 6) is -0.701. The Bertz CT molecular complexity index is 1240. The van der Waals surface area contributed by atoms with E-state index in [4.69, 9.17) is 47.0 Å². The van der Waals surface area contributed by atoms with Crippen LogP contribution >= 0.6 is 47.0 Å². The maximum Gasteiger partial charge on any atom is 0.270 e. The Morgan fingerprint density at radius 3 is 2.14 bits per heavy atom. The number of nitro groups is 1. The number of amides is 1. The van der Waals surface area contributed by atoms with E-state index in [0.717, 1.165) is 11.8 Å². The summed E-state index contributed by atoms with van der Waals surface area (Å²) in [7, 11) is 0. The molecule has 0 fully saturated rings. The van der Waals surface area contributed by atoms with Crippen LogP contribution in [0.25, 0.3) is 0 Å². The monoisotopic (exact) mass is 550 g/mol. The van der Waals surface area contributed by atoms with E-state index >= 15 is 0 Å². The molecule has 0 aromatic heterocycles. The first-order valence-corrected chi connectivity index (χ1v) is 11.4. The lowest BCUT2D eigenvalue weighted by Crippen LogP contribution is -2.56. The van der Waals surface area contributed by atoms with Crippen molar-refractivity contribution in [3.8, 4) is 0 Å². The second kappa shape index (κ2) is 11.9. The van der Waals surface area contributed by atoms with E-state index in [-0.39, 0.29) is 16.4 Å². The Balaban J connectivity index is 1.62. The number of non-ortho nitro benzene ring substituents is 1. The zero-order valence-corrected chi connectivity index (χ0v) is 20.8. The average Bonchev–Trinajstić information content (AvgIpc) is 2.83. The number of halogens is 3. The number of hydrogen-bond donors (Lipinski definition) is 3. The number of hydrogen-bond acceptors (Lipinski definition) is 6. The van der Waals surface area contributed by atoms with Crippen molar-refractivity contribution < 1.29 is 9.72 Å². The first-order valence-electron chi connectivity index (χ1n) is 9.88. The molecule has 13 heteroatoms. The highest BCUT2D eigenvalue weighted by Crippen LogP contribution is 2.29. The Hall–Kier alpha value is -3.31. The molecular formula is C22H17Cl3N6O3S. The van der Waals surface area contributed by atoms with Crippen LogP contribution in [-0.2, 0) is 0 Å². The van der Waals surface area contributed by atoms with Crippen molar-refractivity contribution in [2.45, 2.75) is 9.96 Å². The zero-order chi connectivity index (χ0) is 25.4. The van der Waals surface area contributed by atoms with Crippen LogP contribution in [0, 0.1) is 10.1 Å². The van der Waals surface area contributed by atoms with Crippen molar-refractivity contribution in [2.75, 3.05) is 5.32 Å². The second-order valence-electron chi connectivity index (χ2n) is 6.94. The van der Waals surface area contributed by atoms with Crippen molar-refractivity contribution in [2.24, 2.45) is 10.2 Å². The Kier molecular flexibility index (Phi) is 8.94. The Morgan fingerprint density at radius 2 is 1.54 bits per heavy atom. The van der Waals surface area contributed by atoms with Gasteiger partial charge in [0.1, 0.15) is 6.17 Å². The van der Waals surface area contributed by atoms with Crippen molar-refractivity contribution in [1.82, 2.24) is 10.6 Å². The van der Waals surface area contributed by atoms with Gasteiger partial charge in [-0.15, -0.1) is 0 Å². The molecule has 0 saturated heterocycles. The van der Waals surface area contributed by atoms with E-state index < -0.39 is 20.8 Å². The number of nitrogens with zero attached hydrogens (tertiary/aromatic N) is 3. The minimum atomic E-state index is -2.00. The lowest BCUT2D eigenvalue weighted by Gasteiger charge is -2.27. The van der Waals surface area contributed by atoms with Crippen molar-refractivity contribution in [1.29, 1.82) is 0 Å². The quantitative estimate of drug-likeness (QED) is 0.0778. The number of thiocarbonyl (C=S) groups is 1. The molecule has 3 aromatic carbocycles. The minimum Gasteiger partial charge on any atom is -0.339 e. The molecule has 3 rings (SSSR count). The summed E-state index contributed by atoms with van der Waals surface area (Å²) < 4.78 is -2.00. The number of azo groups is 1. The second-order valence-corrected chi connectivity index (χ2v) is 9.71. The van der Waals surface area contributed by atoms with E-state index in [0.29, 0.717) is 11.4 Å². The zero-order valence-electron chi connectivity index (χ0n) is 17.7. The van der Waals surface area contributed by atoms with Gasteiger partial charge in [0.25, 0.3) is 11.6 Å². The molecule has 1 amide bonds. The highest BCUT2D eigenvalue weighted by atomic mass is 35.6. The summed E-state index contributed by atoms with van der Waals surface area (Å²) in [6.45, 7) is 0. The molecule has 3 aromatic rings. The highest BCUT2D eigenvalue weighted by molar-refractivity contribution is 7.80. The van der Waals surface area contributed by atoms with Crippen molar-refractivity contribution in [3.63, 3.8) is 0 Å². The van der Waals surface area contributed by atoms with Crippen LogP contribution in [0.5, 0.6) is 0 Å². The largest absolute Gasteiger partial charge is 0.339 e. The van der Waals surface area contributed by atoms with Gasteiger partial charge in [0.15, 0.2) is 5.11 Å². The molecule has 0 unspecified atom stereocenters. The van der Waals surface area contributed by atoms with Crippen LogP contribution in [-0.4, -0.2) is 25.9 Å². The number of carbonyl (C=O) groups is 1. The van der Waals surface area contributed by atoms with Crippen LogP contribution in [0.2, 0.25) is 0 Å². The van der Waals surface area contributed by atoms with Gasteiger partial charge in [0.05, 0.1) is 16.3 Å². The number of nitro benzene ring substituents is 1. The Labute approximate surface area is 220 Å². The number of rotatable bonds is 7. The third kappa shape index (κ3) is 8.15. The summed E-state index contributed by atoms with van der Waals surface area (Å²) in [5.41, 5.74) is 1.72.